The maximum absolute atomic E-state index is 13.9. The fourth-order valence-electron chi connectivity index (χ4n) is 4.68. The second kappa shape index (κ2) is 12.8. The number of carbonyl (C=O) groups is 3. The first-order valence-electron chi connectivity index (χ1n) is 12.3. The quantitative estimate of drug-likeness (QED) is 0.202. The third-order valence-electron chi connectivity index (χ3n) is 6.68. The van der Waals surface area contributed by atoms with Gasteiger partial charge in [0.05, 0.1) is 28.7 Å². The molecule has 10 heteroatoms. The van der Waals surface area contributed by atoms with E-state index < -0.39 is 29.9 Å². The van der Waals surface area contributed by atoms with E-state index in [1.807, 2.05) is 0 Å². The SMILES string of the molecule is CC(=O)C1CCC(N=C(C)C(=CN)C(=O)N(CC(=O)c2c(N)cccc2Cl)Cc2cc(F)cc(F)c2)CC1. The molecule has 38 heavy (non-hydrogen) atoms. The summed E-state index contributed by atoms with van der Waals surface area (Å²) in [7, 11) is 0. The molecule has 1 aliphatic carbocycles. The lowest BCUT2D eigenvalue weighted by molar-refractivity contribution is -0.126. The average Bonchev–Trinajstić information content (AvgIpc) is 2.83. The Kier molecular flexibility index (Phi) is 9.74. The van der Waals surface area contributed by atoms with Crippen LogP contribution in [0.2, 0.25) is 5.02 Å². The molecule has 3 rings (SSSR count). The van der Waals surface area contributed by atoms with E-state index in [0.29, 0.717) is 24.6 Å². The topological polar surface area (TPSA) is 119 Å². The highest BCUT2D eigenvalue weighted by atomic mass is 35.5. The Morgan fingerprint density at radius 3 is 2.26 bits per heavy atom. The molecule has 2 aromatic rings. The minimum absolute atomic E-state index is 0.0262. The Morgan fingerprint density at radius 1 is 1.08 bits per heavy atom. The molecule has 0 aliphatic heterocycles. The number of amides is 1. The molecule has 0 bridgehead atoms. The van der Waals surface area contributed by atoms with Crippen LogP contribution in [-0.2, 0) is 16.1 Å². The molecular weight excluding hydrogens is 514 g/mol. The van der Waals surface area contributed by atoms with Crippen LogP contribution in [0, 0.1) is 17.6 Å². The van der Waals surface area contributed by atoms with Crippen molar-refractivity contribution in [2.75, 3.05) is 12.3 Å². The van der Waals surface area contributed by atoms with Crippen molar-refractivity contribution in [2.24, 2.45) is 16.6 Å². The lowest BCUT2D eigenvalue weighted by Crippen LogP contribution is -2.38. The smallest absolute Gasteiger partial charge is 0.257 e. The highest BCUT2D eigenvalue weighted by Crippen LogP contribution is 2.28. The number of nitrogen functional groups attached to an aromatic ring is 1. The summed E-state index contributed by atoms with van der Waals surface area (Å²) >= 11 is 6.19. The average molecular weight is 545 g/mol. The van der Waals surface area contributed by atoms with E-state index in [1.165, 1.54) is 12.1 Å². The highest BCUT2D eigenvalue weighted by molar-refractivity contribution is 6.35. The summed E-state index contributed by atoms with van der Waals surface area (Å²) in [4.78, 5) is 44.3. The normalized spacial score (nSPS) is 18.2. The Balaban J connectivity index is 1.89. The predicted molar refractivity (Wildman–Crippen MR) is 144 cm³/mol. The fraction of sp³-hybridized carbons (Fsp3) is 0.357. The van der Waals surface area contributed by atoms with Crippen LogP contribution in [-0.4, -0.2) is 40.7 Å². The number of halogens is 3. The zero-order valence-electron chi connectivity index (χ0n) is 21.3. The number of benzene rings is 2. The number of ketones is 2. The van der Waals surface area contributed by atoms with Gasteiger partial charge in [-0.1, -0.05) is 17.7 Å². The van der Waals surface area contributed by atoms with Crippen molar-refractivity contribution < 1.29 is 23.2 Å². The van der Waals surface area contributed by atoms with Gasteiger partial charge in [-0.2, -0.15) is 0 Å². The molecule has 4 N–H and O–H groups in total. The van der Waals surface area contributed by atoms with E-state index >= 15 is 0 Å². The first-order chi connectivity index (χ1) is 18.0. The summed E-state index contributed by atoms with van der Waals surface area (Å²) in [5.74, 6) is -2.64. The van der Waals surface area contributed by atoms with Gasteiger partial charge in [0.2, 0.25) is 0 Å². The molecule has 1 amide bonds. The molecule has 1 aliphatic rings. The summed E-state index contributed by atoms with van der Waals surface area (Å²) in [5, 5.41) is 0.118. The molecule has 7 nitrogen and oxygen atoms in total. The third-order valence-corrected chi connectivity index (χ3v) is 6.99. The largest absolute Gasteiger partial charge is 0.404 e. The van der Waals surface area contributed by atoms with Gasteiger partial charge in [-0.3, -0.25) is 19.4 Å². The summed E-state index contributed by atoms with van der Waals surface area (Å²) in [5.41, 5.74) is 12.5. The lowest BCUT2D eigenvalue weighted by Gasteiger charge is -2.26. The summed E-state index contributed by atoms with van der Waals surface area (Å²) in [6, 6.07) is 7.40. The molecule has 1 fully saturated rings. The molecule has 0 atom stereocenters. The van der Waals surface area contributed by atoms with E-state index in [0.717, 1.165) is 36.1 Å². The van der Waals surface area contributed by atoms with Crippen LogP contribution < -0.4 is 11.5 Å². The van der Waals surface area contributed by atoms with Crippen LogP contribution in [0.15, 0.2) is 53.2 Å². The number of rotatable bonds is 9. The van der Waals surface area contributed by atoms with Crippen LogP contribution in [0.4, 0.5) is 14.5 Å². The second-order valence-electron chi connectivity index (χ2n) is 9.48. The molecule has 0 radical (unpaired) electrons. The van der Waals surface area contributed by atoms with Gasteiger partial charge in [-0.15, -0.1) is 0 Å². The van der Waals surface area contributed by atoms with E-state index in [2.05, 4.69) is 4.99 Å². The van der Waals surface area contributed by atoms with E-state index in [4.69, 9.17) is 23.1 Å². The number of carbonyl (C=O) groups excluding carboxylic acids is 3. The van der Waals surface area contributed by atoms with Crippen molar-refractivity contribution in [3.63, 3.8) is 0 Å². The summed E-state index contributed by atoms with van der Waals surface area (Å²) < 4.78 is 27.8. The van der Waals surface area contributed by atoms with Crippen molar-refractivity contribution in [2.45, 2.75) is 52.1 Å². The molecule has 0 spiro atoms. The summed E-state index contributed by atoms with van der Waals surface area (Å²) in [6.45, 7) is 2.47. The van der Waals surface area contributed by atoms with Crippen LogP contribution in [0.25, 0.3) is 0 Å². The van der Waals surface area contributed by atoms with Crippen molar-refractivity contribution >= 4 is 40.5 Å². The Labute approximate surface area is 225 Å². The first kappa shape index (κ1) is 29.0. The van der Waals surface area contributed by atoms with Crippen molar-refractivity contribution in [3.8, 4) is 0 Å². The molecule has 0 saturated heterocycles. The van der Waals surface area contributed by atoms with Gasteiger partial charge in [0.15, 0.2) is 5.78 Å². The molecule has 1 saturated carbocycles. The lowest BCUT2D eigenvalue weighted by atomic mass is 9.84. The molecular formula is C28H31ClF2N4O3. The Bertz CT molecular complexity index is 1250. The minimum atomic E-state index is -0.817. The molecule has 202 valence electrons. The van der Waals surface area contributed by atoms with Crippen molar-refractivity contribution in [3.05, 3.63) is 76.0 Å². The number of Topliss-reactive ketones (excluding diaryl/α,β-unsaturated/α-hetero) is 2. The monoisotopic (exact) mass is 544 g/mol. The van der Waals surface area contributed by atoms with E-state index in [-0.39, 0.29) is 51.7 Å². The standard InChI is InChI=1S/C28H31ClF2N4O3/c1-16(34-22-8-6-19(7-9-22)17(2)36)23(13-32)28(38)35(14-18-10-20(30)12-21(31)11-18)15-26(37)27-24(29)4-3-5-25(27)33/h3-5,10-13,19,22H,6-9,14-15,32-33H2,1-2H3. The van der Waals surface area contributed by atoms with Crippen molar-refractivity contribution in [1.82, 2.24) is 4.90 Å². The van der Waals surface area contributed by atoms with Gasteiger partial charge < -0.3 is 16.4 Å². The zero-order chi connectivity index (χ0) is 28.0. The number of nitrogens with zero attached hydrogens (tertiary/aromatic N) is 2. The molecule has 2 aromatic carbocycles. The second-order valence-corrected chi connectivity index (χ2v) is 9.88. The maximum atomic E-state index is 13.9. The fourth-order valence-corrected chi connectivity index (χ4v) is 4.97. The molecule has 0 unspecified atom stereocenters. The number of aliphatic imine (C=N–C) groups is 1. The molecule has 0 aromatic heterocycles. The van der Waals surface area contributed by atoms with Crippen LogP contribution in [0.1, 0.15) is 55.5 Å². The Morgan fingerprint density at radius 2 is 1.71 bits per heavy atom. The van der Waals surface area contributed by atoms with Crippen molar-refractivity contribution in [1.29, 1.82) is 0 Å². The van der Waals surface area contributed by atoms with Crippen LogP contribution >= 0.6 is 11.6 Å². The third kappa shape index (κ3) is 7.25. The van der Waals surface area contributed by atoms with Crippen LogP contribution in [0.5, 0.6) is 0 Å². The highest BCUT2D eigenvalue weighted by Gasteiger charge is 2.27. The van der Waals surface area contributed by atoms with Gasteiger partial charge >= 0.3 is 0 Å². The van der Waals surface area contributed by atoms with E-state index in [9.17, 15) is 23.2 Å². The first-order valence-corrected chi connectivity index (χ1v) is 12.7. The Hall–Kier alpha value is -3.59. The summed E-state index contributed by atoms with van der Waals surface area (Å²) in [6.07, 6.45) is 3.94. The van der Waals surface area contributed by atoms with Gasteiger partial charge in [-0.05, 0) is 69.4 Å². The van der Waals surface area contributed by atoms with Gasteiger partial charge in [0, 0.05) is 36.1 Å². The van der Waals surface area contributed by atoms with Crippen LogP contribution in [0.3, 0.4) is 0 Å². The minimum Gasteiger partial charge on any atom is -0.404 e. The van der Waals surface area contributed by atoms with Gasteiger partial charge in [0.1, 0.15) is 17.4 Å². The van der Waals surface area contributed by atoms with Gasteiger partial charge in [-0.25, -0.2) is 8.78 Å². The zero-order valence-corrected chi connectivity index (χ0v) is 22.1. The van der Waals surface area contributed by atoms with Gasteiger partial charge in [0.25, 0.3) is 5.91 Å². The number of hydrogen-bond acceptors (Lipinski definition) is 6. The number of nitrogens with two attached hydrogens (primary N) is 2. The number of hydrogen-bond donors (Lipinski definition) is 2. The number of anilines is 1. The van der Waals surface area contributed by atoms with E-state index in [1.54, 1.807) is 19.9 Å². The maximum Gasteiger partial charge on any atom is 0.257 e. The molecule has 0 heterocycles. The predicted octanol–water partition coefficient (Wildman–Crippen LogP) is 4.86.